The SMILES string of the molecule is c1ccc(OC[Si](Oc2ccccc2)(Oc2ccccc2)Oc2ccccc2)cc1. The summed E-state index contributed by atoms with van der Waals surface area (Å²) in [4.78, 5) is 0. The van der Waals surface area contributed by atoms with E-state index in [9.17, 15) is 0 Å². The van der Waals surface area contributed by atoms with E-state index in [1.165, 1.54) is 0 Å². The minimum absolute atomic E-state index is 0.135. The van der Waals surface area contributed by atoms with Gasteiger partial charge in [-0.05, 0) is 48.5 Å². The second-order valence-corrected chi connectivity index (χ2v) is 8.80. The topological polar surface area (TPSA) is 36.9 Å². The summed E-state index contributed by atoms with van der Waals surface area (Å²) in [6.45, 7) is 0. The number of benzene rings is 4. The lowest BCUT2D eigenvalue weighted by Crippen LogP contribution is -2.60. The molecule has 0 aliphatic heterocycles. The van der Waals surface area contributed by atoms with Crippen LogP contribution in [0.4, 0.5) is 0 Å². The molecule has 0 saturated heterocycles. The zero-order valence-electron chi connectivity index (χ0n) is 16.4. The lowest BCUT2D eigenvalue weighted by atomic mass is 10.3. The molecule has 0 spiro atoms. The molecule has 0 N–H and O–H groups in total. The van der Waals surface area contributed by atoms with Crippen LogP contribution in [0.3, 0.4) is 0 Å². The van der Waals surface area contributed by atoms with Crippen molar-refractivity contribution < 1.29 is 18.0 Å². The van der Waals surface area contributed by atoms with Crippen molar-refractivity contribution in [1.82, 2.24) is 0 Å². The Morgan fingerprint density at radius 3 is 1.03 bits per heavy atom. The molecule has 0 aromatic heterocycles. The summed E-state index contributed by atoms with van der Waals surface area (Å²) in [5.41, 5.74) is 0. The molecule has 0 saturated carbocycles. The molecule has 4 rings (SSSR count). The number of ether oxygens (including phenoxy) is 1. The van der Waals surface area contributed by atoms with Gasteiger partial charge in [0.1, 0.15) is 23.0 Å². The Morgan fingerprint density at radius 1 is 0.400 bits per heavy atom. The lowest BCUT2D eigenvalue weighted by Gasteiger charge is -2.30. The van der Waals surface area contributed by atoms with Gasteiger partial charge in [-0.15, -0.1) is 0 Å². The van der Waals surface area contributed by atoms with E-state index < -0.39 is 8.80 Å². The minimum atomic E-state index is -3.42. The van der Waals surface area contributed by atoms with Crippen LogP contribution >= 0.6 is 0 Å². The predicted molar refractivity (Wildman–Crippen MR) is 119 cm³/mol. The second kappa shape index (κ2) is 9.67. The van der Waals surface area contributed by atoms with Gasteiger partial charge in [-0.25, -0.2) is 0 Å². The summed E-state index contributed by atoms with van der Waals surface area (Å²) in [6.07, 6.45) is 0.135. The third-order valence-electron chi connectivity index (χ3n) is 4.21. The fourth-order valence-electron chi connectivity index (χ4n) is 2.84. The predicted octanol–water partition coefficient (Wildman–Crippen LogP) is 5.78. The molecule has 30 heavy (non-hydrogen) atoms. The van der Waals surface area contributed by atoms with Crippen LogP contribution in [-0.2, 0) is 0 Å². The summed E-state index contributed by atoms with van der Waals surface area (Å²) in [7, 11) is -3.42. The molecule has 4 aromatic rings. The summed E-state index contributed by atoms with van der Waals surface area (Å²) < 4.78 is 25.3. The highest BCUT2D eigenvalue weighted by atomic mass is 28.4. The Morgan fingerprint density at radius 2 is 0.700 bits per heavy atom. The normalized spacial score (nSPS) is 10.8. The van der Waals surface area contributed by atoms with Crippen LogP contribution < -0.4 is 18.0 Å². The van der Waals surface area contributed by atoms with E-state index in [2.05, 4.69) is 0 Å². The van der Waals surface area contributed by atoms with E-state index in [0.717, 1.165) is 5.75 Å². The van der Waals surface area contributed by atoms with Crippen molar-refractivity contribution in [2.75, 3.05) is 6.23 Å². The van der Waals surface area contributed by atoms with Crippen LogP contribution in [0.2, 0.25) is 0 Å². The van der Waals surface area contributed by atoms with Gasteiger partial charge in [-0.2, -0.15) is 0 Å². The molecule has 4 aromatic carbocycles. The Hall–Kier alpha value is -3.70. The van der Waals surface area contributed by atoms with Gasteiger partial charge in [0.05, 0.1) is 0 Å². The number of hydrogen-bond donors (Lipinski definition) is 0. The zero-order valence-corrected chi connectivity index (χ0v) is 17.4. The van der Waals surface area contributed by atoms with E-state index in [1.807, 2.05) is 121 Å². The van der Waals surface area contributed by atoms with Crippen molar-refractivity contribution in [2.45, 2.75) is 0 Å². The van der Waals surface area contributed by atoms with Gasteiger partial charge in [0.15, 0.2) is 6.23 Å². The molecule has 0 unspecified atom stereocenters. The Bertz CT molecular complexity index is 911. The van der Waals surface area contributed by atoms with E-state index >= 15 is 0 Å². The Labute approximate surface area is 177 Å². The number of rotatable bonds is 9. The quantitative estimate of drug-likeness (QED) is 0.325. The van der Waals surface area contributed by atoms with Crippen molar-refractivity contribution in [3.63, 3.8) is 0 Å². The van der Waals surface area contributed by atoms with Crippen LogP contribution in [0.25, 0.3) is 0 Å². The van der Waals surface area contributed by atoms with Gasteiger partial charge < -0.3 is 18.0 Å². The molecule has 4 nitrogen and oxygen atoms in total. The largest absolute Gasteiger partial charge is 0.739 e. The summed E-state index contributed by atoms with van der Waals surface area (Å²) >= 11 is 0. The van der Waals surface area contributed by atoms with Crippen LogP contribution in [0.15, 0.2) is 121 Å². The van der Waals surface area contributed by atoms with Crippen LogP contribution in [0.5, 0.6) is 23.0 Å². The van der Waals surface area contributed by atoms with Crippen molar-refractivity contribution >= 4 is 8.80 Å². The molecule has 0 bridgehead atoms. The third-order valence-corrected chi connectivity index (χ3v) is 6.35. The summed E-state index contributed by atoms with van der Waals surface area (Å²) in [5.74, 6) is 2.70. The highest BCUT2D eigenvalue weighted by Crippen LogP contribution is 2.25. The molecular formula is C25H22O4Si. The van der Waals surface area contributed by atoms with Crippen molar-refractivity contribution in [1.29, 1.82) is 0 Å². The Kier molecular flexibility index (Phi) is 6.32. The van der Waals surface area contributed by atoms with E-state index in [1.54, 1.807) is 0 Å². The molecule has 0 amide bonds. The van der Waals surface area contributed by atoms with Crippen molar-refractivity contribution in [2.24, 2.45) is 0 Å². The van der Waals surface area contributed by atoms with Crippen LogP contribution in [-0.4, -0.2) is 15.0 Å². The maximum Gasteiger partial charge on any atom is 0.739 e. The van der Waals surface area contributed by atoms with Gasteiger partial charge in [0.25, 0.3) is 0 Å². The van der Waals surface area contributed by atoms with Gasteiger partial charge in [-0.1, -0.05) is 72.8 Å². The molecule has 0 fully saturated rings. The monoisotopic (exact) mass is 414 g/mol. The highest BCUT2D eigenvalue weighted by Gasteiger charge is 2.51. The molecule has 150 valence electrons. The van der Waals surface area contributed by atoms with Gasteiger partial charge >= 0.3 is 8.80 Å². The first-order valence-corrected chi connectivity index (χ1v) is 11.6. The maximum absolute atomic E-state index is 6.40. The standard InChI is InChI=1S/C25H22O4Si/c1-5-13-22(14-6-1)26-21-30(27-23-15-7-2-8-16-23,28-24-17-9-3-10-18-24)29-25-19-11-4-12-20-25/h1-20H,21H2. The van der Waals surface area contributed by atoms with Crippen LogP contribution in [0, 0.1) is 0 Å². The van der Waals surface area contributed by atoms with Crippen LogP contribution in [0.1, 0.15) is 0 Å². The molecular weight excluding hydrogens is 392 g/mol. The van der Waals surface area contributed by atoms with E-state index in [-0.39, 0.29) is 6.23 Å². The highest BCUT2D eigenvalue weighted by molar-refractivity contribution is 6.63. The van der Waals surface area contributed by atoms with Gasteiger partial charge in [0, 0.05) is 0 Å². The van der Waals surface area contributed by atoms with Gasteiger partial charge in [-0.3, -0.25) is 0 Å². The lowest BCUT2D eigenvalue weighted by molar-refractivity contribution is 0.212. The molecule has 0 radical (unpaired) electrons. The second-order valence-electron chi connectivity index (χ2n) is 6.53. The van der Waals surface area contributed by atoms with E-state index in [0.29, 0.717) is 17.2 Å². The van der Waals surface area contributed by atoms with Crippen molar-refractivity contribution in [3.05, 3.63) is 121 Å². The van der Waals surface area contributed by atoms with E-state index in [4.69, 9.17) is 18.0 Å². The first-order valence-electron chi connectivity index (χ1n) is 9.71. The van der Waals surface area contributed by atoms with Gasteiger partial charge in [0.2, 0.25) is 0 Å². The number of para-hydroxylation sites is 4. The molecule has 0 atom stereocenters. The maximum atomic E-state index is 6.40. The fraction of sp³-hybridized carbons (Fsp3) is 0.0400. The fourth-order valence-corrected chi connectivity index (χ4v) is 4.97. The summed E-state index contributed by atoms with van der Waals surface area (Å²) in [6, 6.07) is 38.2. The average molecular weight is 415 g/mol. The molecule has 0 aliphatic carbocycles. The zero-order chi connectivity index (χ0) is 20.5. The Balaban J connectivity index is 1.69. The first-order chi connectivity index (χ1) is 14.8. The smallest absolute Gasteiger partial charge is 0.485 e. The first kappa shape index (κ1) is 19.6. The summed E-state index contributed by atoms with van der Waals surface area (Å²) in [5, 5.41) is 0. The third kappa shape index (κ3) is 5.43. The minimum Gasteiger partial charge on any atom is -0.485 e. The number of hydrogen-bond acceptors (Lipinski definition) is 4. The average Bonchev–Trinajstić information content (AvgIpc) is 2.80. The molecule has 0 heterocycles. The molecule has 0 aliphatic rings. The van der Waals surface area contributed by atoms with Crippen molar-refractivity contribution in [3.8, 4) is 23.0 Å². The molecule has 5 heteroatoms.